The van der Waals surface area contributed by atoms with E-state index in [9.17, 15) is 4.79 Å². The molecule has 2 aromatic carbocycles. The summed E-state index contributed by atoms with van der Waals surface area (Å²) in [6, 6.07) is 14.6. The molecule has 0 aromatic heterocycles. The lowest BCUT2D eigenvalue weighted by molar-refractivity contribution is 0.104. The Bertz CT molecular complexity index is 767. The van der Waals surface area contributed by atoms with Crippen LogP contribution >= 0.6 is 0 Å². The van der Waals surface area contributed by atoms with E-state index in [1.54, 1.807) is 0 Å². The van der Waals surface area contributed by atoms with Crippen molar-refractivity contribution in [2.45, 2.75) is 52.4 Å². The van der Waals surface area contributed by atoms with Gasteiger partial charge in [0.25, 0.3) is 0 Å². The van der Waals surface area contributed by atoms with Crippen molar-refractivity contribution >= 4 is 17.9 Å². The summed E-state index contributed by atoms with van der Waals surface area (Å²) in [5.41, 5.74) is 5.85. The molecular formula is C25H30O. The van der Waals surface area contributed by atoms with Crippen molar-refractivity contribution in [1.29, 1.82) is 0 Å². The minimum atomic E-state index is -0.0109. The first-order valence-corrected chi connectivity index (χ1v) is 9.75. The molecule has 2 rings (SSSR count). The maximum Gasteiger partial charge on any atom is 0.185 e. The Morgan fingerprint density at radius 3 is 2.15 bits per heavy atom. The molecule has 1 heteroatoms. The highest BCUT2D eigenvalue weighted by atomic mass is 16.1. The fraction of sp³-hybridized carbons (Fsp3) is 0.320. The van der Waals surface area contributed by atoms with Crippen LogP contribution < -0.4 is 0 Å². The number of ketones is 1. The lowest BCUT2D eigenvalue weighted by Crippen LogP contribution is -1.98. The summed E-state index contributed by atoms with van der Waals surface area (Å²) in [7, 11) is 0. The van der Waals surface area contributed by atoms with Crippen LogP contribution in [-0.2, 0) is 12.8 Å². The average molecular weight is 347 g/mol. The number of carbonyl (C=O) groups is 1. The van der Waals surface area contributed by atoms with Crippen LogP contribution in [0.5, 0.6) is 0 Å². The smallest absolute Gasteiger partial charge is 0.185 e. The van der Waals surface area contributed by atoms with Gasteiger partial charge in [-0.3, -0.25) is 4.79 Å². The van der Waals surface area contributed by atoms with E-state index < -0.39 is 0 Å². The molecule has 0 bridgehead atoms. The number of allylic oxidation sites excluding steroid dienone is 1. The third-order valence-corrected chi connectivity index (χ3v) is 4.71. The van der Waals surface area contributed by atoms with Gasteiger partial charge in [0.1, 0.15) is 0 Å². The molecule has 0 saturated carbocycles. The predicted molar refractivity (Wildman–Crippen MR) is 114 cm³/mol. The second-order valence-electron chi connectivity index (χ2n) is 6.72. The highest BCUT2D eigenvalue weighted by Crippen LogP contribution is 2.20. The van der Waals surface area contributed by atoms with Crippen molar-refractivity contribution in [3.05, 3.63) is 82.9 Å². The summed E-state index contributed by atoms with van der Waals surface area (Å²) in [6.07, 6.45) is 12.6. The van der Waals surface area contributed by atoms with Crippen molar-refractivity contribution in [3.63, 3.8) is 0 Å². The van der Waals surface area contributed by atoms with Gasteiger partial charge in [-0.15, -0.1) is 0 Å². The topological polar surface area (TPSA) is 17.1 Å². The summed E-state index contributed by atoms with van der Waals surface area (Å²) < 4.78 is 0. The Hall–Kier alpha value is -2.41. The molecule has 0 N–H and O–H groups in total. The predicted octanol–water partition coefficient (Wildman–Crippen LogP) is 6.91. The maximum absolute atomic E-state index is 11.9. The van der Waals surface area contributed by atoms with Gasteiger partial charge in [0.15, 0.2) is 5.78 Å². The number of benzene rings is 2. The van der Waals surface area contributed by atoms with Crippen LogP contribution in [0.1, 0.15) is 72.1 Å². The minimum Gasteiger partial charge on any atom is -0.289 e. The molecule has 2 aromatic rings. The monoisotopic (exact) mass is 346 g/mol. The van der Waals surface area contributed by atoms with Crippen LogP contribution in [0, 0.1) is 0 Å². The van der Waals surface area contributed by atoms with Crippen molar-refractivity contribution in [2.75, 3.05) is 0 Å². The van der Waals surface area contributed by atoms with Crippen LogP contribution in [0.3, 0.4) is 0 Å². The van der Waals surface area contributed by atoms with Gasteiger partial charge >= 0.3 is 0 Å². The number of hydrogen-bond acceptors (Lipinski definition) is 1. The number of rotatable bonds is 10. The SMILES string of the molecule is C=CC(=O)c1ccc(/C=C/c2ccccc2CCCC)c(CCCC)c1. The second-order valence-corrected chi connectivity index (χ2v) is 6.72. The van der Waals surface area contributed by atoms with Crippen LogP contribution in [0.2, 0.25) is 0 Å². The third kappa shape index (κ3) is 5.56. The Morgan fingerprint density at radius 2 is 1.50 bits per heavy atom. The fourth-order valence-corrected chi connectivity index (χ4v) is 3.09. The molecule has 0 aliphatic heterocycles. The Kier molecular flexibility index (Phi) is 8.08. The van der Waals surface area contributed by atoms with E-state index >= 15 is 0 Å². The van der Waals surface area contributed by atoms with Crippen LogP contribution in [0.4, 0.5) is 0 Å². The van der Waals surface area contributed by atoms with E-state index in [2.05, 4.69) is 62.9 Å². The summed E-state index contributed by atoms with van der Waals surface area (Å²) in [5.74, 6) is -0.0109. The molecule has 0 saturated heterocycles. The first kappa shape index (κ1) is 19.9. The third-order valence-electron chi connectivity index (χ3n) is 4.71. The zero-order valence-electron chi connectivity index (χ0n) is 16.1. The zero-order valence-corrected chi connectivity index (χ0v) is 16.1. The van der Waals surface area contributed by atoms with E-state index in [0.29, 0.717) is 0 Å². The summed E-state index contributed by atoms with van der Waals surface area (Å²) in [6.45, 7) is 8.02. The number of hydrogen-bond donors (Lipinski definition) is 0. The molecule has 1 nitrogen and oxygen atoms in total. The highest BCUT2D eigenvalue weighted by molar-refractivity contribution is 6.04. The normalized spacial score (nSPS) is 11.0. The molecule has 0 aliphatic rings. The summed E-state index contributed by atoms with van der Waals surface area (Å²) in [5, 5.41) is 0. The molecule has 0 radical (unpaired) electrons. The largest absolute Gasteiger partial charge is 0.289 e. The lowest BCUT2D eigenvalue weighted by atomic mass is 9.96. The number of aryl methyl sites for hydroxylation is 2. The quantitative estimate of drug-likeness (QED) is 0.259. The zero-order chi connectivity index (χ0) is 18.8. The summed E-state index contributed by atoms with van der Waals surface area (Å²) in [4.78, 5) is 11.9. The molecular weight excluding hydrogens is 316 g/mol. The van der Waals surface area contributed by atoms with Crippen molar-refractivity contribution in [2.24, 2.45) is 0 Å². The van der Waals surface area contributed by atoms with Crippen LogP contribution in [0.25, 0.3) is 12.2 Å². The molecule has 0 unspecified atom stereocenters. The molecule has 0 aliphatic carbocycles. The number of carbonyl (C=O) groups excluding carboxylic acids is 1. The number of unbranched alkanes of at least 4 members (excludes halogenated alkanes) is 2. The minimum absolute atomic E-state index is 0.0109. The van der Waals surface area contributed by atoms with E-state index in [1.807, 2.05) is 12.1 Å². The van der Waals surface area contributed by atoms with Gasteiger partial charge in [0.05, 0.1) is 0 Å². The van der Waals surface area contributed by atoms with Gasteiger partial charge in [0.2, 0.25) is 0 Å². The van der Waals surface area contributed by atoms with Gasteiger partial charge in [-0.2, -0.15) is 0 Å². The molecule has 136 valence electrons. The Morgan fingerprint density at radius 1 is 0.885 bits per heavy atom. The molecule has 0 atom stereocenters. The van der Waals surface area contributed by atoms with E-state index in [-0.39, 0.29) is 5.78 Å². The van der Waals surface area contributed by atoms with Crippen molar-refractivity contribution < 1.29 is 4.79 Å². The van der Waals surface area contributed by atoms with E-state index in [0.717, 1.165) is 31.2 Å². The molecule has 0 fully saturated rings. The average Bonchev–Trinajstić information content (AvgIpc) is 2.69. The highest BCUT2D eigenvalue weighted by Gasteiger charge is 2.06. The Balaban J connectivity index is 2.31. The molecule has 0 spiro atoms. The second kappa shape index (κ2) is 10.6. The first-order valence-electron chi connectivity index (χ1n) is 9.75. The molecule has 0 heterocycles. The van der Waals surface area contributed by atoms with E-state index in [4.69, 9.17) is 0 Å². The molecule has 26 heavy (non-hydrogen) atoms. The standard InChI is InChI=1S/C25H30O/c1-4-7-11-20-13-9-10-14-21(20)15-16-22-17-18-24(25(26)6-3)19-23(22)12-8-5-2/h6,9-10,13-19H,3-5,7-8,11-12H2,1-2H3/b16-15+. The van der Waals surface area contributed by atoms with Gasteiger partial charge in [0, 0.05) is 5.56 Å². The van der Waals surface area contributed by atoms with Gasteiger partial charge in [-0.05, 0) is 60.1 Å². The summed E-state index contributed by atoms with van der Waals surface area (Å²) >= 11 is 0. The van der Waals surface area contributed by atoms with Crippen molar-refractivity contribution in [3.8, 4) is 0 Å². The van der Waals surface area contributed by atoms with Gasteiger partial charge in [-0.25, -0.2) is 0 Å². The first-order chi connectivity index (χ1) is 12.7. The lowest BCUT2D eigenvalue weighted by Gasteiger charge is -2.09. The fourth-order valence-electron chi connectivity index (χ4n) is 3.09. The Labute approximate surface area is 158 Å². The maximum atomic E-state index is 11.9. The van der Waals surface area contributed by atoms with E-state index in [1.165, 1.54) is 41.2 Å². The van der Waals surface area contributed by atoms with Crippen molar-refractivity contribution in [1.82, 2.24) is 0 Å². The van der Waals surface area contributed by atoms with Crippen LogP contribution in [0.15, 0.2) is 55.1 Å². The van der Waals surface area contributed by atoms with Gasteiger partial charge in [-0.1, -0.05) is 81.8 Å². The van der Waals surface area contributed by atoms with Crippen LogP contribution in [-0.4, -0.2) is 5.78 Å². The molecule has 0 amide bonds. The van der Waals surface area contributed by atoms with Gasteiger partial charge < -0.3 is 0 Å².